The quantitative estimate of drug-likeness (QED) is 0.455. The van der Waals surface area contributed by atoms with E-state index < -0.39 is 0 Å². The van der Waals surface area contributed by atoms with E-state index in [9.17, 15) is 0 Å². The maximum atomic E-state index is 6.14. The molecule has 106 valence electrons. The molecule has 0 bridgehead atoms. The second kappa shape index (κ2) is 4.88. The van der Waals surface area contributed by atoms with Crippen LogP contribution in [-0.2, 0) is 0 Å². The molecule has 0 saturated carbocycles. The smallest absolute Gasteiger partial charge is 0.0393 e. The van der Waals surface area contributed by atoms with E-state index in [-0.39, 0.29) is 0 Å². The Kier molecular flexibility index (Phi) is 2.87. The first-order valence-corrected chi connectivity index (χ1v) is 7.51. The number of anilines is 1. The van der Waals surface area contributed by atoms with Gasteiger partial charge in [-0.15, -0.1) is 0 Å². The highest BCUT2D eigenvalue weighted by Crippen LogP contribution is 2.35. The van der Waals surface area contributed by atoms with E-state index in [2.05, 4.69) is 67.6 Å². The van der Waals surface area contributed by atoms with E-state index in [4.69, 9.17) is 5.73 Å². The van der Waals surface area contributed by atoms with Crippen molar-refractivity contribution in [2.75, 3.05) is 5.73 Å². The monoisotopic (exact) mass is 283 g/mol. The molecule has 0 aliphatic heterocycles. The van der Waals surface area contributed by atoms with Crippen molar-refractivity contribution >= 4 is 27.2 Å². The molecular weight excluding hydrogens is 266 g/mol. The molecule has 0 fully saturated rings. The Morgan fingerprint density at radius 1 is 0.545 bits per heavy atom. The summed E-state index contributed by atoms with van der Waals surface area (Å²) in [6, 6.07) is 25.5. The number of nitrogen functional groups attached to an aromatic ring is 1. The third-order valence-corrected chi connectivity index (χ3v) is 4.39. The lowest BCUT2D eigenvalue weighted by Gasteiger charge is -2.12. The Balaban J connectivity index is 2.13. The van der Waals surface area contributed by atoms with E-state index in [1.807, 2.05) is 12.1 Å². The Bertz CT molecular complexity index is 916. The van der Waals surface area contributed by atoms with Crippen molar-refractivity contribution in [3.05, 3.63) is 78.4 Å². The van der Waals surface area contributed by atoms with Crippen LogP contribution in [0.25, 0.3) is 32.7 Å². The average Bonchev–Trinajstić information content (AvgIpc) is 2.55. The molecule has 0 atom stereocenters. The van der Waals surface area contributed by atoms with Crippen LogP contribution in [0.4, 0.5) is 5.69 Å². The standard InChI is InChI=1S/C21H17N/c1-14-6-2-8-16-15(14)7-3-9-17(16)18-10-4-12-20-19(18)11-5-13-21(20)22/h2-13H,22H2,1H3. The second-order valence-corrected chi connectivity index (χ2v) is 5.72. The van der Waals surface area contributed by atoms with Crippen molar-refractivity contribution in [2.24, 2.45) is 0 Å². The van der Waals surface area contributed by atoms with Gasteiger partial charge in [-0.1, -0.05) is 66.7 Å². The summed E-state index contributed by atoms with van der Waals surface area (Å²) < 4.78 is 0. The zero-order chi connectivity index (χ0) is 15.1. The van der Waals surface area contributed by atoms with Crippen molar-refractivity contribution in [1.29, 1.82) is 0 Å². The Labute approximate surface area is 130 Å². The largest absolute Gasteiger partial charge is 0.398 e. The average molecular weight is 283 g/mol. The van der Waals surface area contributed by atoms with Gasteiger partial charge in [0.2, 0.25) is 0 Å². The lowest BCUT2D eigenvalue weighted by atomic mass is 9.92. The molecule has 22 heavy (non-hydrogen) atoms. The predicted molar refractivity (Wildman–Crippen MR) is 96.0 cm³/mol. The summed E-state index contributed by atoms with van der Waals surface area (Å²) in [4.78, 5) is 0. The number of hydrogen-bond acceptors (Lipinski definition) is 1. The van der Waals surface area contributed by atoms with Gasteiger partial charge in [0, 0.05) is 11.1 Å². The van der Waals surface area contributed by atoms with E-state index >= 15 is 0 Å². The minimum absolute atomic E-state index is 0.829. The van der Waals surface area contributed by atoms with Crippen LogP contribution in [0.15, 0.2) is 72.8 Å². The van der Waals surface area contributed by atoms with Gasteiger partial charge in [-0.2, -0.15) is 0 Å². The number of benzene rings is 4. The van der Waals surface area contributed by atoms with Crippen molar-refractivity contribution < 1.29 is 0 Å². The van der Waals surface area contributed by atoms with E-state index in [1.165, 1.54) is 32.8 Å². The number of fused-ring (bicyclic) bond motifs is 2. The fraction of sp³-hybridized carbons (Fsp3) is 0.0476. The topological polar surface area (TPSA) is 26.0 Å². The van der Waals surface area contributed by atoms with E-state index in [0.717, 1.165) is 11.1 Å². The van der Waals surface area contributed by atoms with Gasteiger partial charge in [0.05, 0.1) is 0 Å². The minimum atomic E-state index is 0.829. The Morgan fingerprint density at radius 2 is 1.05 bits per heavy atom. The van der Waals surface area contributed by atoms with Gasteiger partial charge in [0.1, 0.15) is 0 Å². The van der Waals surface area contributed by atoms with Crippen molar-refractivity contribution in [3.8, 4) is 11.1 Å². The van der Waals surface area contributed by atoms with Gasteiger partial charge in [-0.25, -0.2) is 0 Å². The van der Waals surface area contributed by atoms with Crippen LogP contribution >= 0.6 is 0 Å². The summed E-state index contributed by atoms with van der Waals surface area (Å²) in [5, 5.41) is 4.92. The van der Waals surface area contributed by atoms with Crippen LogP contribution in [0.1, 0.15) is 5.56 Å². The molecular formula is C21H17N. The molecule has 4 rings (SSSR count). The van der Waals surface area contributed by atoms with Gasteiger partial charge in [-0.05, 0) is 45.8 Å². The molecule has 0 aromatic heterocycles. The molecule has 0 radical (unpaired) electrons. The lowest BCUT2D eigenvalue weighted by molar-refractivity contribution is 1.53. The fourth-order valence-electron chi connectivity index (χ4n) is 3.27. The van der Waals surface area contributed by atoms with Gasteiger partial charge >= 0.3 is 0 Å². The first-order chi connectivity index (χ1) is 10.8. The van der Waals surface area contributed by atoms with Crippen molar-refractivity contribution in [1.82, 2.24) is 0 Å². The summed E-state index contributed by atoms with van der Waals surface area (Å²) in [5.41, 5.74) is 10.8. The van der Waals surface area contributed by atoms with Gasteiger partial charge in [0.15, 0.2) is 0 Å². The maximum Gasteiger partial charge on any atom is 0.0393 e. The molecule has 1 heteroatoms. The summed E-state index contributed by atoms with van der Waals surface area (Å²) in [5.74, 6) is 0. The Hall–Kier alpha value is -2.80. The van der Waals surface area contributed by atoms with Gasteiger partial charge in [0.25, 0.3) is 0 Å². The van der Waals surface area contributed by atoms with Crippen LogP contribution in [0.2, 0.25) is 0 Å². The molecule has 0 aliphatic carbocycles. The molecule has 2 N–H and O–H groups in total. The minimum Gasteiger partial charge on any atom is -0.398 e. The van der Waals surface area contributed by atoms with E-state index in [0.29, 0.717) is 0 Å². The third kappa shape index (κ3) is 1.86. The molecule has 0 unspecified atom stereocenters. The SMILES string of the molecule is Cc1cccc2c(-c3cccc4c(N)cccc34)cccc12. The number of nitrogens with two attached hydrogens (primary N) is 1. The summed E-state index contributed by atoms with van der Waals surface area (Å²) in [7, 11) is 0. The van der Waals surface area contributed by atoms with Gasteiger partial charge in [-0.3, -0.25) is 0 Å². The van der Waals surface area contributed by atoms with Crippen LogP contribution in [0.5, 0.6) is 0 Å². The first-order valence-electron chi connectivity index (χ1n) is 7.51. The molecule has 0 saturated heterocycles. The predicted octanol–water partition coefficient (Wildman–Crippen LogP) is 5.55. The van der Waals surface area contributed by atoms with Crippen LogP contribution in [0, 0.1) is 6.92 Å². The molecule has 0 aliphatic rings. The molecule has 4 aromatic carbocycles. The number of aryl methyl sites for hydroxylation is 1. The molecule has 4 aromatic rings. The lowest BCUT2D eigenvalue weighted by Crippen LogP contribution is -1.89. The maximum absolute atomic E-state index is 6.14. The third-order valence-electron chi connectivity index (χ3n) is 4.39. The molecule has 1 nitrogen and oxygen atoms in total. The first kappa shape index (κ1) is 12.9. The van der Waals surface area contributed by atoms with Crippen molar-refractivity contribution in [3.63, 3.8) is 0 Å². The zero-order valence-corrected chi connectivity index (χ0v) is 12.5. The molecule has 0 spiro atoms. The number of rotatable bonds is 1. The fourth-order valence-corrected chi connectivity index (χ4v) is 3.27. The van der Waals surface area contributed by atoms with Crippen LogP contribution < -0.4 is 5.73 Å². The summed E-state index contributed by atoms with van der Waals surface area (Å²) in [6.45, 7) is 2.16. The zero-order valence-electron chi connectivity index (χ0n) is 12.5. The highest BCUT2D eigenvalue weighted by Gasteiger charge is 2.09. The van der Waals surface area contributed by atoms with Gasteiger partial charge < -0.3 is 5.73 Å². The second-order valence-electron chi connectivity index (χ2n) is 5.72. The molecule has 0 amide bonds. The summed E-state index contributed by atoms with van der Waals surface area (Å²) >= 11 is 0. The van der Waals surface area contributed by atoms with Crippen LogP contribution in [0.3, 0.4) is 0 Å². The molecule has 0 heterocycles. The normalized spacial score (nSPS) is 11.1. The Morgan fingerprint density at radius 3 is 1.77 bits per heavy atom. The highest BCUT2D eigenvalue weighted by atomic mass is 14.5. The van der Waals surface area contributed by atoms with Crippen molar-refractivity contribution in [2.45, 2.75) is 6.92 Å². The number of hydrogen-bond donors (Lipinski definition) is 1. The summed E-state index contributed by atoms with van der Waals surface area (Å²) in [6.07, 6.45) is 0. The van der Waals surface area contributed by atoms with E-state index in [1.54, 1.807) is 0 Å². The van der Waals surface area contributed by atoms with Crippen LogP contribution in [-0.4, -0.2) is 0 Å². The highest BCUT2D eigenvalue weighted by molar-refractivity contribution is 6.08.